The predicted molar refractivity (Wildman–Crippen MR) is 176 cm³/mol. The second-order valence-corrected chi connectivity index (χ2v) is 12.6. The Hall–Kier alpha value is -4.53. The fourth-order valence-electron chi connectivity index (χ4n) is 4.31. The Labute approximate surface area is 266 Å². The first-order valence-electron chi connectivity index (χ1n) is 15.0. The molecular weight excluding hydrogens is 584 g/mol. The van der Waals surface area contributed by atoms with Crippen molar-refractivity contribution in [1.29, 1.82) is 0 Å². The van der Waals surface area contributed by atoms with Crippen LogP contribution >= 0.6 is 0 Å². The molecule has 4 aromatic rings. The molecule has 0 saturated carbocycles. The van der Waals surface area contributed by atoms with Gasteiger partial charge in [0.1, 0.15) is 39.1 Å². The maximum absolute atomic E-state index is 13.7. The minimum atomic E-state index is -3.92. The van der Waals surface area contributed by atoms with E-state index >= 15 is 0 Å². The number of para-hydroxylation sites is 1. The van der Waals surface area contributed by atoms with Gasteiger partial charge in [-0.3, -0.25) is 0 Å². The quantitative estimate of drug-likeness (QED) is 0.175. The minimum absolute atomic E-state index is 0.0314. The third-order valence-corrected chi connectivity index (χ3v) is 9.45. The summed E-state index contributed by atoms with van der Waals surface area (Å²) in [7, 11) is -3.92. The van der Waals surface area contributed by atoms with Crippen LogP contribution in [0.1, 0.15) is 64.5 Å². The summed E-state index contributed by atoms with van der Waals surface area (Å²) in [5, 5.41) is 20.9. The second kappa shape index (κ2) is 14.5. The van der Waals surface area contributed by atoms with Gasteiger partial charge in [-0.05, 0) is 105 Å². The molecule has 0 saturated heterocycles. The van der Waals surface area contributed by atoms with Crippen LogP contribution < -0.4 is 9.47 Å². The average Bonchev–Trinajstić information content (AvgIpc) is 3.07. The molecule has 4 aromatic carbocycles. The molecule has 0 radical (unpaired) electrons. The van der Waals surface area contributed by atoms with Crippen LogP contribution in [0.4, 0.5) is 0 Å². The zero-order valence-electron chi connectivity index (χ0n) is 26.0. The van der Waals surface area contributed by atoms with Crippen molar-refractivity contribution in [2.45, 2.75) is 74.4 Å². The number of sulfone groups is 1. The number of aliphatic hydroxyl groups is 2. The van der Waals surface area contributed by atoms with Crippen LogP contribution in [0.15, 0.2) is 107 Å². The molecule has 2 N–H and O–H groups in total. The Morgan fingerprint density at radius 1 is 0.600 bits per heavy atom. The third-order valence-electron chi connectivity index (χ3n) is 7.64. The summed E-state index contributed by atoms with van der Waals surface area (Å²) in [6.07, 6.45) is 2.14. The first-order chi connectivity index (χ1) is 21.5. The van der Waals surface area contributed by atoms with E-state index in [4.69, 9.17) is 9.47 Å². The molecule has 6 nitrogen and oxygen atoms in total. The lowest BCUT2D eigenvalue weighted by Gasteiger charge is -2.17. The average molecular weight is 623 g/mol. The summed E-state index contributed by atoms with van der Waals surface area (Å²) in [5.74, 6) is 13.5. The molecule has 0 aliphatic heterocycles. The lowest BCUT2D eigenvalue weighted by molar-refractivity contribution is 0.0927. The highest BCUT2D eigenvalue weighted by molar-refractivity contribution is 7.91. The van der Waals surface area contributed by atoms with Gasteiger partial charge >= 0.3 is 0 Å². The largest absolute Gasteiger partial charge is 0.457 e. The van der Waals surface area contributed by atoms with Crippen LogP contribution in [-0.2, 0) is 9.84 Å². The van der Waals surface area contributed by atoms with E-state index in [0.29, 0.717) is 54.1 Å². The van der Waals surface area contributed by atoms with E-state index < -0.39 is 21.0 Å². The molecular formula is C38H38O6S. The fraction of sp³-hybridized carbons (Fsp3) is 0.263. The minimum Gasteiger partial charge on any atom is -0.457 e. The van der Waals surface area contributed by atoms with E-state index in [1.807, 2.05) is 39.8 Å². The molecule has 0 heterocycles. The molecule has 0 aliphatic carbocycles. The predicted octanol–water partition coefficient (Wildman–Crippen LogP) is 7.91. The van der Waals surface area contributed by atoms with Crippen molar-refractivity contribution in [3.8, 4) is 46.7 Å². The molecule has 232 valence electrons. The van der Waals surface area contributed by atoms with Crippen molar-refractivity contribution in [2.75, 3.05) is 0 Å². The van der Waals surface area contributed by atoms with Gasteiger partial charge in [0.2, 0.25) is 9.84 Å². The monoisotopic (exact) mass is 622 g/mol. The summed E-state index contributed by atoms with van der Waals surface area (Å²) in [6.45, 7) is 7.57. The number of benzene rings is 4. The Balaban J connectivity index is 1.50. The van der Waals surface area contributed by atoms with Crippen molar-refractivity contribution < 1.29 is 28.1 Å². The molecule has 45 heavy (non-hydrogen) atoms. The summed E-state index contributed by atoms with van der Waals surface area (Å²) in [6, 6.07) is 26.8. The summed E-state index contributed by atoms with van der Waals surface area (Å²) in [4.78, 5) is 0.123. The van der Waals surface area contributed by atoms with Crippen LogP contribution in [0.25, 0.3) is 0 Å². The molecule has 0 spiro atoms. The van der Waals surface area contributed by atoms with Gasteiger partial charge in [-0.1, -0.05) is 69.6 Å². The first kappa shape index (κ1) is 33.4. The molecule has 4 rings (SSSR count). The fourth-order valence-corrected chi connectivity index (χ4v) is 5.69. The molecule has 0 fully saturated rings. The van der Waals surface area contributed by atoms with Gasteiger partial charge in [0.15, 0.2) is 0 Å². The number of ether oxygens (including phenoxy) is 2. The maximum Gasteiger partial charge on any atom is 0.210 e. The molecule has 0 unspecified atom stereocenters. The summed E-state index contributed by atoms with van der Waals surface area (Å²) in [5.41, 5.74) is -0.638. The highest BCUT2D eigenvalue weighted by Gasteiger charge is 2.23. The summed E-state index contributed by atoms with van der Waals surface area (Å²) < 4.78 is 39.3. The first-order valence-corrected chi connectivity index (χ1v) is 16.5. The lowest BCUT2D eigenvalue weighted by Crippen LogP contribution is -2.23. The van der Waals surface area contributed by atoms with Crippen LogP contribution in [0.5, 0.6) is 23.0 Å². The van der Waals surface area contributed by atoms with Gasteiger partial charge < -0.3 is 19.7 Å². The van der Waals surface area contributed by atoms with E-state index in [1.54, 1.807) is 66.7 Å². The SMILES string of the molecule is CCC(O)(C#Cc1ccc(Oc2ccccc2S(=O)(=O)c2ccc(Oc3cccc(C#CC(O)(CC)CC)c3)cc2)cc1)CC. The van der Waals surface area contributed by atoms with Crippen LogP contribution in [0, 0.1) is 23.7 Å². The van der Waals surface area contributed by atoms with Gasteiger partial charge in [-0.2, -0.15) is 0 Å². The van der Waals surface area contributed by atoms with Crippen molar-refractivity contribution in [2.24, 2.45) is 0 Å². The van der Waals surface area contributed by atoms with Gasteiger partial charge in [-0.15, -0.1) is 0 Å². The van der Waals surface area contributed by atoms with Crippen LogP contribution in [0.2, 0.25) is 0 Å². The van der Waals surface area contributed by atoms with E-state index in [0.717, 1.165) is 0 Å². The van der Waals surface area contributed by atoms with Gasteiger partial charge in [-0.25, -0.2) is 8.42 Å². The number of rotatable bonds is 10. The standard InChI is InChI=1S/C38H38O6S/c1-5-37(39,6-2)26-24-29-16-18-32(19-17-29)44-35-14-9-10-15-36(35)45(41,42)34-22-20-31(21-23-34)43-33-13-11-12-30(28-33)25-27-38(40,7-3)8-4/h9-23,28,39-40H,5-8H2,1-4H3. The Morgan fingerprint density at radius 2 is 1.13 bits per heavy atom. The highest BCUT2D eigenvalue weighted by Crippen LogP contribution is 2.34. The Morgan fingerprint density at radius 3 is 1.73 bits per heavy atom. The molecule has 0 bridgehead atoms. The topological polar surface area (TPSA) is 93.1 Å². The zero-order chi connectivity index (χ0) is 32.5. The van der Waals surface area contributed by atoms with Gasteiger partial charge in [0.25, 0.3) is 0 Å². The number of hydrogen-bond donors (Lipinski definition) is 2. The van der Waals surface area contributed by atoms with Gasteiger partial charge in [0, 0.05) is 11.1 Å². The normalized spacial score (nSPS) is 11.5. The van der Waals surface area contributed by atoms with E-state index in [-0.39, 0.29) is 15.5 Å². The second-order valence-electron chi connectivity index (χ2n) is 10.7. The van der Waals surface area contributed by atoms with Crippen molar-refractivity contribution >= 4 is 9.84 Å². The molecule has 0 aliphatic rings. The zero-order valence-corrected chi connectivity index (χ0v) is 26.8. The molecule has 0 aromatic heterocycles. The van der Waals surface area contributed by atoms with E-state index in [1.165, 1.54) is 18.2 Å². The van der Waals surface area contributed by atoms with E-state index in [2.05, 4.69) is 23.7 Å². The smallest absolute Gasteiger partial charge is 0.210 e. The summed E-state index contributed by atoms with van der Waals surface area (Å²) >= 11 is 0. The van der Waals surface area contributed by atoms with Crippen molar-refractivity contribution in [3.05, 3.63) is 108 Å². The molecule has 0 amide bonds. The third kappa shape index (κ3) is 8.56. The van der Waals surface area contributed by atoms with Crippen LogP contribution in [0.3, 0.4) is 0 Å². The van der Waals surface area contributed by atoms with Gasteiger partial charge in [0.05, 0.1) is 4.90 Å². The molecule has 0 atom stereocenters. The van der Waals surface area contributed by atoms with Crippen molar-refractivity contribution in [1.82, 2.24) is 0 Å². The van der Waals surface area contributed by atoms with Crippen LogP contribution in [-0.4, -0.2) is 29.8 Å². The highest BCUT2D eigenvalue weighted by atomic mass is 32.2. The van der Waals surface area contributed by atoms with E-state index in [9.17, 15) is 18.6 Å². The number of hydrogen-bond acceptors (Lipinski definition) is 6. The van der Waals surface area contributed by atoms with Crippen molar-refractivity contribution in [3.63, 3.8) is 0 Å². The Bertz CT molecular complexity index is 1830. The lowest BCUT2D eigenvalue weighted by atomic mass is 9.98. The molecule has 7 heteroatoms. The maximum atomic E-state index is 13.7. The Kier molecular flexibility index (Phi) is 10.8.